The van der Waals surface area contributed by atoms with Crippen LogP contribution in [0.5, 0.6) is 0 Å². The van der Waals surface area contributed by atoms with Crippen molar-refractivity contribution in [2.45, 2.75) is 52.9 Å². The van der Waals surface area contributed by atoms with Gasteiger partial charge in [0, 0.05) is 18.9 Å². The maximum atomic E-state index is 11.9. The van der Waals surface area contributed by atoms with Gasteiger partial charge in [0.05, 0.1) is 0 Å². The Morgan fingerprint density at radius 3 is 2.12 bits per heavy atom. The van der Waals surface area contributed by atoms with Crippen LogP contribution in [0.1, 0.15) is 52.9 Å². The molecule has 0 aliphatic heterocycles. The lowest BCUT2D eigenvalue weighted by molar-refractivity contribution is -0.138. The maximum Gasteiger partial charge on any atom is 0.303 e. The Hall–Kier alpha value is -1.06. The van der Waals surface area contributed by atoms with Crippen molar-refractivity contribution in [1.82, 2.24) is 5.32 Å². The lowest BCUT2D eigenvalue weighted by Gasteiger charge is -2.17. The lowest BCUT2D eigenvalue weighted by atomic mass is 9.97. The Kier molecular flexibility index (Phi) is 8.46. The van der Waals surface area contributed by atoms with E-state index >= 15 is 0 Å². The van der Waals surface area contributed by atoms with E-state index in [0.29, 0.717) is 6.54 Å². The van der Waals surface area contributed by atoms with Gasteiger partial charge in [0.15, 0.2) is 0 Å². The number of carbonyl (C=O) groups is 2. The molecular weight excluding hydrogens is 218 g/mol. The van der Waals surface area contributed by atoms with Crippen LogP contribution in [0.2, 0.25) is 0 Å². The van der Waals surface area contributed by atoms with Gasteiger partial charge in [-0.15, -0.1) is 0 Å². The van der Waals surface area contributed by atoms with E-state index < -0.39 is 5.97 Å². The highest BCUT2D eigenvalue weighted by Gasteiger charge is 2.17. The SMILES string of the molecule is CCCC(CCC)C(=O)NCC(C)CC(=O)O. The number of carboxylic acids is 1. The fraction of sp³-hybridized carbons (Fsp3) is 0.846. The fourth-order valence-electron chi connectivity index (χ4n) is 1.89. The summed E-state index contributed by atoms with van der Waals surface area (Å²) in [7, 11) is 0. The van der Waals surface area contributed by atoms with Crippen LogP contribution in [-0.4, -0.2) is 23.5 Å². The van der Waals surface area contributed by atoms with Crippen molar-refractivity contribution < 1.29 is 14.7 Å². The summed E-state index contributed by atoms with van der Waals surface area (Å²) >= 11 is 0. The molecule has 4 heteroatoms. The van der Waals surface area contributed by atoms with Crippen molar-refractivity contribution in [1.29, 1.82) is 0 Å². The number of aliphatic carboxylic acids is 1. The molecule has 2 N–H and O–H groups in total. The average molecular weight is 243 g/mol. The van der Waals surface area contributed by atoms with E-state index in [1.165, 1.54) is 0 Å². The Morgan fingerprint density at radius 2 is 1.71 bits per heavy atom. The van der Waals surface area contributed by atoms with Crippen LogP contribution in [0.25, 0.3) is 0 Å². The first kappa shape index (κ1) is 15.9. The molecule has 0 saturated carbocycles. The van der Waals surface area contributed by atoms with Crippen molar-refractivity contribution in [3.8, 4) is 0 Å². The predicted octanol–water partition coefficient (Wildman–Crippen LogP) is 2.43. The lowest BCUT2D eigenvalue weighted by Crippen LogP contribution is -2.34. The van der Waals surface area contributed by atoms with Gasteiger partial charge in [0.1, 0.15) is 0 Å². The Balaban J connectivity index is 3.99. The third-order valence-corrected chi connectivity index (χ3v) is 2.79. The van der Waals surface area contributed by atoms with E-state index in [2.05, 4.69) is 19.2 Å². The summed E-state index contributed by atoms with van der Waals surface area (Å²) in [5.41, 5.74) is 0. The molecule has 0 heterocycles. The zero-order valence-electron chi connectivity index (χ0n) is 11.2. The van der Waals surface area contributed by atoms with Gasteiger partial charge in [-0.05, 0) is 18.8 Å². The highest BCUT2D eigenvalue weighted by Crippen LogP contribution is 2.13. The average Bonchev–Trinajstić information content (AvgIpc) is 2.24. The van der Waals surface area contributed by atoms with Crippen LogP contribution in [0, 0.1) is 11.8 Å². The van der Waals surface area contributed by atoms with Crippen LogP contribution >= 0.6 is 0 Å². The highest BCUT2D eigenvalue weighted by atomic mass is 16.4. The normalized spacial score (nSPS) is 12.5. The molecule has 0 fully saturated rings. The fourth-order valence-corrected chi connectivity index (χ4v) is 1.89. The third kappa shape index (κ3) is 7.77. The molecule has 100 valence electrons. The Labute approximate surface area is 104 Å². The number of carbonyl (C=O) groups excluding carboxylic acids is 1. The van der Waals surface area contributed by atoms with E-state index in [1.54, 1.807) is 0 Å². The topological polar surface area (TPSA) is 66.4 Å². The second kappa shape index (κ2) is 9.02. The Bertz CT molecular complexity index is 235. The van der Waals surface area contributed by atoms with Gasteiger partial charge in [0.2, 0.25) is 5.91 Å². The van der Waals surface area contributed by atoms with Gasteiger partial charge in [-0.25, -0.2) is 0 Å². The molecule has 0 aliphatic carbocycles. The molecule has 0 aliphatic rings. The molecule has 0 radical (unpaired) electrons. The molecule has 1 unspecified atom stereocenters. The van der Waals surface area contributed by atoms with Gasteiger partial charge in [0.25, 0.3) is 0 Å². The van der Waals surface area contributed by atoms with Crippen LogP contribution in [0.3, 0.4) is 0 Å². The number of nitrogens with one attached hydrogen (secondary N) is 1. The van der Waals surface area contributed by atoms with Gasteiger partial charge < -0.3 is 10.4 Å². The number of amides is 1. The molecular formula is C13H25NO3. The van der Waals surface area contributed by atoms with E-state index in [4.69, 9.17) is 5.11 Å². The molecule has 0 aromatic rings. The van der Waals surface area contributed by atoms with E-state index in [1.807, 2.05) is 6.92 Å². The minimum atomic E-state index is -0.814. The number of hydrogen-bond acceptors (Lipinski definition) is 2. The maximum absolute atomic E-state index is 11.9. The molecule has 0 aromatic carbocycles. The largest absolute Gasteiger partial charge is 0.481 e. The molecule has 0 aromatic heterocycles. The first-order chi connectivity index (χ1) is 8.01. The van der Waals surface area contributed by atoms with Gasteiger partial charge in [-0.3, -0.25) is 9.59 Å². The van der Waals surface area contributed by atoms with Crippen molar-refractivity contribution in [2.75, 3.05) is 6.54 Å². The number of rotatable bonds is 9. The number of carboxylic acid groups (broad SMARTS) is 1. The van der Waals surface area contributed by atoms with Gasteiger partial charge in [-0.1, -0.05) is 33.6 Å². The van der Waals surface area contributed by atoms with Crippen molar-refractivity contribution in [3.05, 3.63) is 0 Å². The monoisotopic (exact) mass is 243 g/mol. The molecule has 4 nitrogen and oxygen atoms in total. The molecule has 0 spiro atoms. The zero-order chi connectivity index (χ0) is 13.3. The van der Waals surface area contributed by atoms with Gasteiger partial charge in [-0.2, -0.15) is 0 Å². The third-order valence-electron chi connectivity index (χ3n) is 2.79. The van der Waals surface area contributed by atoms with Crippen molar-refractivity contribution in [2.24, 2.45) is 11.8 Å². The smallest absolute Gasteiger partial charge is 0.303 e. The summed E-state index contributed by atoms with van der Waals surface area (Å²) in [5.74, 6) is -0.668. The molecule has 17 heavy (non-hydrogen) atoms. The molecule has 1 amide bonds. The summed E-state index contributed by atoms with van der Waals surface area (Å²) < 4.78 is 0. The summed E-state index contributed by atoms with van der Waals surface area (Å²) in [6, 6.07) is 0. The minimum Gasteiger partial charge on any atom is -0.481 e. The predicted molar refractivity (Wildman–Crippen MR) is 67.7 cm³/mol. The first-order valence-electron chi connectivity index (χ1n) is 6.50. The summed E-state index contributed by atoms with van der Waals surface area (Å²) in [5, 5.41) is 11.5. The van der Waals surface area contributed by atoms with E-state index in [-0.39, 0.29) is 24.2 Å². The highest BCUT2D eigenvalue weighted by molar-refractivity contribution is 5.78. The Morgan fingerprint density at radius 1 is 1.18 bits per heavy atom. The quantitative estimate of drug-likeness (QED) is 0.653. The van der Waals surface area contributed by atoms with Gasteiger partial charge >= 0.3 is 5.97 Å². The van der Waals surface area contributed by atoms with E-state index in [0.717, 1.165) is 25.7 Å². The number of hydrogen-bond donors (Lipinski definition) is 2. The van der Waals surface area contributed by atoms with Crippen LogP contribution in [0.15, 0.2) is 0 Å². The second-order valence-corrected chi connectivity index (χ2v) is 4.72. The summed E-state index contributed by atoms with van der Waals surface area (Å²) in [6.07, 6.45) is 3.93. The molecule has 0 rings (SSSR count). The van der Waals surface area contributed by atoms with Crippen LogP contribution in [0.4, 0.5) is 0 Å². The minimum absolute atomic E-state index is 0.0136. The zero-order valence-corrected chi connectivity index (χ0v) is 11.2. The van der Waals surface area contributed by atoms with Crippen molar-refractivity contribution >= 4 is 11.9 Å². The standard InChI is InChI=1S/C13H25NO3/c1-4-6-11(7-5-2)13(17)14-9-10(3)8-12(15)16/h10-11H,4-9H2,1-3H3,(H,14,17)(H,15,16). The molecule has 1 atom stereocenters. The molecule has 0 bridgehead atoms. The summed E-state index contributed by atoms with van der Waals surface area (Å²) in [6.45, 7) is 6.43. The summed E-state index contributed by atoms with van der Waals surface area (Å²) in [4.78, 5) is 22.3. The first-order valence-corrected chi connectivity index (χ1v) is 6.50. The van der Waals surface area contributed by atoms with Crippen LogP contribution in [-0.2, 0) is 9.59 Å². The van der Waals surface area contributed by atoms with E-state index in [9.17, 15) is 9.59 Å². The molecule has 0 saturated heterocycles. The van der Waals surface area contributed by atoms with Crippen LogP contribution < -0.4 is 5.32 Å². The second-order valence-electron chi connectivity index (χ2n) is 4.72. The van der Waals surface area contributed by atoms with Crippen molar-refractivity contribution in [3.63, 3.8) is 0 Å².